The zero-order valence-corrected chi connectivity index (χ0v) is 17.9. The zero-order valence-electron chi connectivity index (χ0n) is 17.1. The van der Waals surface area contributed by atoms with Crippen molar-refractivity contribution in [3.63, 3.8) is 0 Å². The number of pyridine rings is 1. The van der Waals surface area contributed by atoms with Crippen molar-refractivity contribution in [1.29, 1.82) is 0 Å². The molecule has 160 valence electrons. The molecule has 31 heavy (non-hydrogen) atoms. The maximum atomic E-state index is 13.0. The summed E-state index contributed by atoms with van der Waals surface area (Å²) in [5, 5.41) is 4.87. The van der Waals surface area contributed by atoms with Gasteiger partial charge in [0.25, 0.3) is 11.8 Å². The Balaban J connectivity index is 1.44. The Hall–Kier alpha value is -3.46. The van der Waals surface area contributed by atoms with E-state index in [2.05, 4.69) is 15.1 Å². The second-order valence-corrected chi connectivity index (χ2v) is 7.59. The van der Waals surface area contributed by atoms with E-state index < -0.39 is 0 Å². The number of carbonyl (C=O) groups is 2. The Bertz CT molecular complexity index is 1120. The van der Waals surface area contributed by atoms with E-state index >= 15 is 0 Å². The smallest absolute Gasteiger partial charge is 0.293 e. The number of halogens is 1. The number of hydrogen-bond acceptors (Lipinski definition) is 6. The summed E-state index contributed by atoms with van der Waals surface area (Å²) in [6, 6.07) is 12.0. The standard InChI is InChI=1S/C21H21ClN6O3/c1-14-12-26(20(29)17-7-4-8-18(24-17)31-2)9-10-27(14)21(30)19-23-13-28(25-19)16-6-3-5-15(22)11-16/h3-8,11,13-14H,9-10,12H2,1-2H3/t14-/m1/s1. The predicted molar refractivity (Wildman–Crippen MR) is 114 cm³/mol. The van der Waals surface area contributed by atoms with Crippen molar-refractivity contribution in [1.82, 2.24) is 29.5 Å². The fourth-order valence-corrected chi connectivity index (χ4v) is 3.67. The van der Waals surface area contributed by atoms with Crippen LogP contribution in [0.25, 0.3) is 5.69 Å². The number of methoxy groups -OCH3 is 1. The van der Waals surface area contributed by atoms with E-state index in [0.29, 0.717) is 41.9 Å². The summed E-state index contributed by atoms with van der Waals surface area (Å²) in [7, 11) is 1.50. The van der Waals surface area contributed by atoms with Crippen LogP contribution in [0.15, 0.2) is 48.8 Å². The van der Waals surface area contributed by atoms with Gasteiger partial charge in [-0.2, -0.15) is 0 Å². The number of ether oxygens (including phenoxy) is 1. The monoisotopic (exact) mass is 440 g/mol. The van der Waals surface area contributed by atoms with E-state index in [1.165, 1.54) is 18.1 Å². The molecular formula is C21H21ClN6O3. The summed E-state index contributed by atoms with van der Waals surface area (Å²) < 4.78 is 6.61. The Morgan fingerprint density at radius 2 is 1.94 bits per heavy atom. The van der Waals surface area contributed by atoms with Gasteiger partial charge in [0, 0.05) is 36.8 Å². The maximum Gasteiger partial charge on any atom is 0.293 e. The number of carbonyl (C=O) groups excluding carboxylic acids is 2. The number of hydrogen-bond donors (Lipinski definition) is 0. The molecule has 1 aliphatic rings. The third-order valence-corrected chi connectivity index (χ3v) is 5.32. The molecule has 0 saturated carbocycles. The van der Waals surface area contributed by atoms with Crippen molar-refractivity contribution < 1.29 is 14.3 Å². The molecule has 1 aliphatic heterocycles. The molecular weight excluding hydrogens is 420 g/mol. The van der Waals surface area contributed by atoms with E-state index in [-0.39, 0.29) is 23.7 Å². The molecule has 10 heteroatoms. The van der Waals surface area contributed by atoms with Crippen LogP contribution < -0.4 is 4.74 Å². The van der Waals surface area contributed by atoms with Gasteiger partial charge in [0.05, 0.1) is 12.8 Å². The lowest BCUT2D eigenvalue weighted by Crippen LogP contribution is -2.55. The molecule has 2 aromatic heterocycles. The molecule has 0 aliphatic carbocycles. The first-order valence-electron chi connectivity index (χ1n) is 9.75. The van der Waals surface area contributed by atoms with Crippen LogP contribution in [-0.2, 0) is 0 Å². The summed E-state index contributed by atoms with van der Waals surface area (Å²) in [5.74, 6) is 0.0104. The van der Waals surface area contributed by atoms with E-state index in [9.17, 15) is 9.59 Å². The van der Waals surface area contributed by atoms with E-state index in [4.69, 9.17) is 16.3 Å². The summed E-state index contributed by atoms with van der Waals surface area (Å²) >= 11 is 6.03. The lowest BCUT2D eigenvalue weighted by Gasteiger charge is -2.39. The van der Waals surface area contributed by atoms with Crippen LogP contribution in [0.2, 0.25) is 5.02 Å². The molecule has 1 fully saturated rings. The molecule has 9 nitrogen and oxygen atoms in total. The van der Waals surface area contributed by atoms with Crippen LogP contribution in [0.1, 0.15) is 28.0 Å². The fourth-order valence-electron chi connectivity index (χ4n) is 3.49. The minimum Gasteiger partial charge on any atom is -0.481 e. The molecule has 0 spiro atoms. The molecule has 2 amide bonds. The van der Waals surface area contributed by atoms with Crippen LogP contribution in [0, 0.1) is 0 Å². The van der Waals surface area contributed by atoms with Crippen molar-refractivity contribution in [3.8, 4) is 11.6 Å². The largest absolute Gasteiger partial charge is 0.481 e. The molecule has 0 radical (unpaired) electrons. The van der Waals surface area contributed by atoms with Crippen LogP contribution in [-0.4, -0.2) is 74.1 Å². The number of amides is 2. The van der Waals surface area contributed by atoms with Gasteiger partial charge in [-0.15, -0.1) is 5.10 Å². The highest BCUT2D eigenvalue weighted by Gasteiger charge is 2.32. The fraction of sp³-hybridized carbons (Fsp3) is 0.286. The van der Waals surface area contributed by atoms with Crippen molar-refractivity contribution in [2.75, 3.05) is 26.7 Å². The topological polar surface area (TPSA) is 93.5 Å². The summed E-state index contributed by atoms with van der Waals surface area (Å²) in [5.41, 5.74) is 1.03. The van der Waals surface area contributed by atoms with Gasteiger partial charge in [0.2, 0.25) is 11.7 Å². The highest BCUT2D eigenvalue weighted by molar-refractivity contribution is 6.30. The Morgan fingerprint density at radius 1 is 1.13 bits per heavy atom. The second-order valence-electron chi connectivity index (χ2n) is 7.16. The zero-order chi connectivity index (χ0) is 22.0. The first kappa shape index (κ1) is 20.8. The van der Waals surface area contributed by atoms with Gasteiger partial charge in [-0.25, -0.2) is 14.6 Å². The third-order valence-electron chi connectivity index (χ3n) is 5.08. The average Bonchev–Trinajstić information content (AvgIpc) is 3.28. The molecule has 3 aromatic rings. The summed E-state index contributed by atoms with van der Waals surface area (Å²) in [4.78, 5) is 37.5. The summed E-state index contributed by atoms with van der Waals surface area (Å²) in [6.45, 7) is 3.05. The minimum absolute atomic E-state index is 0.0982. The molecule has 0 N–H and O–H groups in total. The van der Waals surface area contributed by atoms with Crippen molar-refractivity contribution >= 4 is 23.4 Å². The van der Waals surface area contributed by atoms with Gasteiger partial charge in [0.1, 0.15) is 12.0 Å². The molecule has 1 saturated heterocycles. The first-order valence-corrected chi connectivity index (χ1v) is 10.1. The molecule has 0 unspecified atom stereocenters. The van der Waals surface area contributed by atoms with Crippen LogP contribution in [0.4, 0.5) is 0 Å². The number of rotatable bonds is 4. The van der Waals surface area contributed by atoms with Crippen LogP contribution in [0.3, 0.4) is 0 Å². The second kappa shape index (κ2) is 8.73. The predicted octanol–water partition coefficient (Wildman–Crippen LogP) is 2.31. The number of benzene rings is 1. The van der Waals surface area contributed by atoms with Gasteiger partial charge in [-0.3, -0.25) is 9.59 Å². The first-order chi connectivity index (χ1) is 15.0. The van der Waals surface area contributed by atoms with Gasteiger partial charge in [-0.1, -0.05) is 23.7 Å². The molecule has 1 aromatic carbocycles. The number of nitrogens with zero attached hydrogens (tertiary/aromatic N) is 6. The Kier molecular flexibility index (Phi) is 5.85. The maximum absolute atomic E-state index is 13.0. The normalized spacial score (nSPS) is 16.3. The lowest BCUT2D eigenvalue weighted by atomic mass is 10.1. The van der Waals surface area contributed by atoms with Gasteiger partial charge >= 0.3 is 0 Å². The summed E-state index contributed by atoms with van der Waals surface area (Å²) in [6.07, 6.45) is 1.48. The van der Waals surface area contributed by atoms with Gasteiger partial charge < -0.3 is 14.5 Å². The third kappa shape index (κ3) is 4.36. The number of aromatic nitrogens is 4. The van der Waals surface area contributed by atoms with E-state index in [1.807, 2.05) is 13.0 Å². The molecule has 3 heterocycles. The number of piperazine rings is 1. The Morgan fingerprint density at radius 3 is 2.68 bits per heavy atom. The SMILES string of the molecule is COc1cccc(C(=O)N2CCN(C(=O)c3ncn(-c4cccc(Cl)c4)n3)[C@H](C)C2)n1. The van der Waals surface area contributed by atoms with E-state index in [1.54, 1.807) is 46.2 Å². The lowest BCUT2D eigenvalue weighted by molar-refractivity contribution is 0.0404. The van der Waals surface area contributed by atoms with Crippen molar-refractivity contribution in [2.24, 2.45) is 0 Å². The quantitative estimate of drug-likeness (QED) is 0.618. The Labute approximate surface area is 184 Å². The van der Waals surface area contributed by atoms with Crippen LogP contribution in [0.5, 0.6) is 5.88 Å². The average molecular weight is 441 g/mol. The van der Waals surface area contributed by atoms with E-state index in [0.717, 1.165) is 0 Å². The van der Waals surface area contributed by atoms with Gasteiger partial charge in [-0.05, 0) is 31.2 Å². The van der Waals surface area contributed by atoms with Crippen molar-refractivity contribution in [2.45, 2.75) is 13.0 Å². The van der Waals surface area contributed by atoms with Crippen molar-refractivity contribution in [3.05, 3.63) is 65.3 Å². The van der Waals surface area contributed by atoms with Crippen LogP contribution >= 0.6 is 11.6 Å². The van der Waals surface area contributed by atoms with Gasteiger partial charge in [0.15, 0.2) is 0 Å². The highest BCUT2D eigenvalue weighted by atomic mass is 35.5. The highest BCUT2D eigenvalue weighted by Crippen LogP contribution is 2.17. The molecule has 0 bridgehead atoms. The minimum atomic E-state index is -0.278. The molecule has 1 atom stereocenters. The molecule has 4 rings (SSSR count).